The Labute approximate surface area is 129 Å². The van der Waals surface area contributed by atoms with Crippen LogP contribution in [0.25, 0.3) is 0 Å². The molecule has 114 valence electrons. The van der Waals surface area contributed by atoms with E-state index in [2.05, 4.69) is 5.32 Å². The molecule has 0 saturated heterocycles. The summed E-state index contributed by atoms with van der Waals surface area (Å²) in [4.78, 5) is 23.2. The Kier molecular flexibility index (Phi) is 4.67. The maximum atomic E-state index is 13.2. The van der Waals surface area contributed by atoms with Gasteiger partial charge < -0.3 is 15.5 Å². The Balaban J connectivity index is 2.43. The Bertz CT molecular complexity index is 748. The van der Waals surface area contributed by atoms with Crippen molar-refractivity contribution in [2.24, 2.45) is 0 Å². The van der Waals surface area contributed by atoms with Crippen molar-refractivity contribution in [3.8, 4) is 0 Å². The second-order valence-corrected chi connectivity index (χ2v) is 5.40. The zero-order valence-corrected chi connectivity index (χ0v) is 12.3. The first-order valence-corrected chi connectivity index (χ1v) is 7.00. The standard InChI is InChI=1S/C15H12FNO4S/c1-17-11-6-8(14(18)19)2-4-13(11)22-12-5-3-9(16)7-10(12)15(20)21/h2-7,17H,1H3,(H,18,19)(H,20,21). The maximum absolute atomic E-state index is 13.2. The van der Waals surface area contributed by atoms with Crippen molar-refractivity contribution in [3.63, 3.8) is 0 Å². The molecule has 0 atom stereocenters. The van der Waals surface area contributed by atoms with Gasteiger partial charge >= 0.3 is 11.9 Å². The molecule has 2 aromatic carbocycles. The Hall–Kier alpha value is -2.54. The molecule has 5 nitrogen and oxygen atoms in total. The Morgan fingerprint density at radius 2 is 1.73 bits per heavy atom. The van der Waals surface area contributed by atoms with Gasteiger partial charge in [0.2, 0.25) is 0 Å². The Morgan fingerprint density at radius 3 is 2.32 bits per heavy atom. The molecule has 0 unspecified atom stereocenters. The highest BCUT2D eigenvalue weighted by atomic mass is 32.2. The summed E-state index contributed by atoms with van der Waals surface area (Å²) in [7, 11) is 1.63. The number of carboxylic acid groups (broad SMARTS) is 2. The van der Waals surface area contributed by atoms with Gasteiger partial charge in [0.15, 0.2) is 0 Å². The molecule has 0 spiro atoms. The van der Waals surface area contributed by atoms with Crippen molar-refractivity contribution in [2.45, 2.75) is 9.79 Å². The van der Waals surface area contributed by atoms with Gasteiger partial charge in [0, 0.05) is 22.5 Å². The van der Waals surface area contributed by atoms with E-state index in [-0.39, 0.29) is 11.1 Å². The normalized spacial score (nSPS) is 10.3. The van der Waals surface area contributed by atoms with E-state index in [1.54, 1.807) is 13.1 Å². The number of rotatable bonds is 5. The lowest BCUT2D eigenvalue weighted by atomic mass is 10.2. The van der Waals surface area contributed by atoms with Crippen molar-refractivity contribution in [3.05, 3.63) is 53.3 Å². The quantitative estimate of drug-likeness (QED) is 0.782. The smallest absolute Gasteiger partial charge is 0.336 e. The van der Waals surface area contributed by atoms with E-state index in [0.29, 0.717) is 15.5 Å². The molecule has 0 amide bonds. The molecule has 3 N–H and O–H groups in total. The van der Waals surface area contributed by atoms with Gasteiger partial charge in [-0.25, -0.2) is 14.0 Å². The van der Waals surface area contributed by atoms with E-state index in [1.807, 2.05) is 0 Å². The van der Waals surface area contributed by atoms with Crippen LogP contribution in [0.4, 0.5) is 10.1 Å². The lowest BCUT2D eigenvalue weighted by Crippen LogP contribution is -2.01. The summed E-state index contributed by atoms with van der Waals surface area (Å²) >= 11 is 1.12. The zero-order valence-electron chi connectivity index (χ0n) is 11.5. The minimum absolute atomic E-state index is 0.117. The largest absolute Gasteiger partial charge is 0.478 e. The molecule has 7 heteroatoms. The molecule has 2 rings (SSSR count). The number of benzene rings is 2. The average molecular weight is 321 g/mol. The molecule has 2 aromatic rings. The second-order valence-electron chi connectivity index (χ2n) is 4.31. The number of halogens is 1. The van der Waals surface area contributed by atoms with Crippen LogP contribution in [0.1, 0.15) is 20.7 Å². The van der Waals surface area contributed by atoms with Crippen molar-refractivity contribution in [1.29, 1.82) is 0 Å². The summed E-state index contributed by atoms with van der Waals surface area (Å²) in [6.07, 6.45) is 0. The number of nitrogens with one attached hydrogen (secondary N) is 1. The minimum atomic E-state index is -1.23. The minimum Gasteiger partial charge on any atom is -0.478 e. The van der Waals surface area contributed by atoms with Crippen LogP contribution in [-0.2, 0) is 0 Å². The van der Waals surface area contributed by atoms with Crippen LogP contribution in [0.5, 0.6) is 0 Å². The highest BCUT2D eigenvalue weighted by Crippen LogP contribution is 2.36. The van der Waals surface area contributed by atoms with Crippen LogP contribution in [0.3, 0.4) is 0 Å². The molecule has 0 heterocycles. The highest BCUT2D eigenvalue weighted by Gasteiger charge is 2.15. The van der Waals surface area contributed by atoms with E-state index in [0.717, 1.165) is 17.8 Å². The fourth-order valence-corrected chi connectivity index (χ4v) is 2.86. The van der Waals surface area contributed by atoms with E-state index < -0.39 is 17.8 Å². The first kappa shape index (κ1) is 15.8. The van der Waals surface area contributed by atoms with Crippen LogP contribution in [0, 0.1) is 5.82 Å². The monoisotopic (exact) mass is 321 g/mol. The van der Waals surface area contributed by atoms with E-state index in [4.69, 9.17) is 10.2 Å². The third-order valence-corrected chi connectivity index (χ3v) is 4.04. The maximum Gasteiger partial charge on any atom is 0.336 e. The van der Waals surface area contributed by atoms with E-state index in [9.17, 15) is 14.0 Å². The lowest BCUT2D eigenvalue weighted by Gasteiger charge is -2.11. The number of anilines is 1. The van der Waals surface area contributed by atoms with Crippen LogP contribution in [0.15, 0.2) is 46.2 Å². The molecule has 0 aliphatic carbocycles. The SMILES string of the molecule is CNc1cc(C(=O)O)ccc1Sc1ccc(F)cc1C(=O)O. The second kappa shape index (κ2) is 6.48. The van der Waals surface area contributed by atoms with Crippen molar-refractivity contribution in [2.75, 3.05) is 12.4 Å². The van der Waals surface area contributed by atoms with Gasteiger partial charge in [-0.2, -0.15) is 0 Å². The van der Waals surface area contributed by atoms with Gasteiger partial charge in [-0.15, -0.1) is 0 Å². The number of hydrogen-bond acceptors (Lipinski definition) is 4. The first-order chi connectivity index (χ1) is 10.4. The summed E-state index contributed by atoms with van der Waals surface area (Å²) in [5, 5.41) is 21.0. The van der Waals surface area contributed by atoms with E-state index in [1.165, 1.54) is 24.3 Å². The molecule has 0 fully saturated rings. The number of hydrogen-bond donors (Lipinski definition) is 3. The summed E-state index contributed by atoms with van der Waals surface area (Å²) in [6.45, 7) is 0. The third kappa shape index (κ3) is 3.37. The molecule has 0 aromatic heterocycles. The highest BCUT2D eigenvalue weighted by molar-refractivity contribution is 7.99. The predicted molar refractivity (Wildman–Crippen MR) is 80.4 cm³/mol. The third-order valence-electron chi connectivity index (χ3n) is 2.89. The Morgan fingerprint density at radius 1 is 1.05 bits per heavy atom. The number of carbonyl (C=O) groups is 2. The van der Waals surface area contributed by atoms with Crippen molar-refractivity contribution >= 4 is 29.4 Å². The van der Waals surface area contributed by atoms with Crippen molar-refractivity contribution in [1.82, 2.24) is 0 Å². The molecule has 0 bridgehead atoms. The molecular formula is C15H12FNO4S. The van der Waals surface area contributed by atoms with Crippen molar-refractivity contribution < 1.29 is 24.2 Å². The zero-order chi connectivity index (χ0) is 16.3. The molecule has 0 radical (unpaired) electrons. The van der Waals surface area contributed by atoms with Gasteiger partial charge in [-0.3, -0.25) is 0 Å². The summed E-state index contributed by atoms with van der Waals surface area (Å²) < 4.78 is 13.2. The summed E-state index contributed by atoms with van der Waals surface area (Å²) in [6, 6.07) is 7.97. The van der Waals surface area contributed by atoms with Gasteiger partial charge in [-0.05, 0) is 36.4 Å². The lowest BCUT2D eigenvalue weighted by molar-refractivity contribution is 0.0684. The van der Waals surface area contributed by atoms with Crippen LogP contribution in [0.2, 0.25) is 0 Å². The molecule has 0 saturated carbocycles. The topological polar surface area (TPSA) is 86.6 Å². The van der Waals surface area contributed by atoms with Crippen LogP contribution < -0.4 is 5.32 Å². The van der Waals surface area contributed by atoms with Gasteiger partial charge in [0.05, 0.1) is 11.1 Å². The number of aromatic carboxylic acids is 2. The molecule has 0 aliphatic rings. The van der Waals surface area contributed by atoms with E-state index >= 15 is 0 Å². The summed E-state index contributed by atoms with van der Waals surface area (Å²) in [5.41, 5.74) is 0.520. The fourth-order valence-electron chi connectivity index (χ4n) is 1.82. The molecule has 22 heavy (non-hydrogen) atoms. The summed E-state index contributed by atoms with van der Waals surface area (Å²) in [5.74, 6) is -2.91. The van der Waals surface area contributed by atoms with Crippen LogP contribution >= 0.6 is 11.8 Å². The van der Waals surface area contributed by atoms with Gasteiger partial charge in [0.1, 0.15) is 5.82 Å². The fraction of sp³-hybridized carbons (Fsp3) is 0.0667. The average Bonchev–Trinajstić information content (AvgIpc) is 2.48. The first-order valence-electron chi connectivity index (χ1n) is 6.18. The van der Waals surface area contributed by atoms with Gasteiger partial charge in [0.25, 0.3) is 0 Å². The van der Waals surface area contributed by atoms with Crippen LogP contribution in [-0.4, -0.2) is 29.2 Å². The van der Waals surface area contributed by atoms with Gasteiger partial charge in [-0.1, -0.05) is 11.8 Å². The molecule has 0 aliphatic heterocycles. The molecular weight excluding hydrogens is 309 g/mol. The predicted octanol–water partition coefficient (Wildman–Crippen LogP) is 3.42. The number of carboxylic acids is 2.